The van der Waals surface area contributed by atoms with Crippen molar-refractivity contribution in [3.05, 3.63) is 58.6 Å². The summed E-state index contributed by atoms with van der Waals surface area (Å²) in [6, 6.07) is 11.3. The van der Waals surface area contributed by atoms with Gasteiger partial charge in [0, 0.05) is 32.2 Å². The SMILES string of the molecule is CC(=O)Nc1cccc(CNC(=O)c2cc(S(=O)(=O)N3CCCCC3)ccc2Cl)c1. The molecule has 1 aliphatic rings. The zero-order valence-corrected chi connectivity index (χ0v) is 18.2. The average molecular weight is 450 g/mol. The Kier molecular flexibility index (Phi) is 7.12. The van der Waals surface area contributed by atoms with Crippen LogP contribution >= 0.6 is 11.6 Å². The predicted molar refractivity (Wildman–Crippen MR) is 116 cm³/mol. The highest BCUT2D eigenvalue weighted by molar-refractivity contribution is 7.89. The number of carbonyl (C=O) groups excluding carboxylic acids is 2. The molecule has 0 saturated carbocycles. The minimum atomic E-state index is -3.66. The maximum Gasteiger partial charge on any atom is 0.253 e. The van der Waals surface area contributed by atoms with Crippen LogP contribution < -0.4 is 10.6 Å². The smallest absolute Gasteiger partial charge is 0.253 e. The van der Waals surface area contributed by atoms with E-state index < -0.39 is 15.9 Å². The summed E-state index contributed by atoms with van der Waals surface area (Å²) in [4.78, 5) is 23.9. The molecular formula is C21H24ClN3O4S. The number of benzene rings is 2. The maximum atomic E-state index is 12.9. The molecule has 1 saturated heterocycles. The molecule has 0 aliphatic carbocycles. The molecule has 30 heavy (non-hydrogen) atoms. The number of hydrogen-bond donors (Lipinski definition) is 2. The van der Waals surface area contributed by atoms with Crippen molar-refractivity contribution in [2.45, 2.75) is 37.6 Å². The van der Waals surface area contributed by atoms with Gasteiger partial charge in [0.15, 0.2) is 0 Å². The van der Waals surface area contributed by atoms with Crippen LogP contribution in [0, 0.1) is 0 Å². The van der Waals surface area contributed by atoms with Crippen molar-refractivity contribution in [3.63, 3.8) is 0 Å². The van der Waals surface area contributed by atoms with E-state index in [4.69, 9.17) is 11.6 Å². The molecule has 2 N–H and O–H groups in total. The molecule has 0 bridgehead atoms. The van der Waals surface area contributed by atoms with E-state index in [1.54, 1.807) is 18.2 Å². The lowest BCUT2D eigenvalue weighted by atomic mass is 10.1. The van der Waals surface area contributed by atoms with Gasteiger partial charge in [-0.25, -0.2) is 8.42 Å². The number of nitrogens with one attached hydrogen (secondary N) is 2. The summed E-state index contributed by atoms with van der Waals surface area (Å²) in [5, 5.41) is 5.61. The molecule has 1 fully saturated rings. The average Bonchev–Trinajstić information content (AvgIpc) is 2.72. The van der Waals surface area contributed by atoms with Gasteiger partial charge in [-0.05, 0) is 48.7 Å². The van der Waals surface area contributed by atoms with Gasteiger partial charge in [-0.15, -0.1) is 0 Å². The molecule has 2 aromatic carbocycles. The maximum absolute atomic E-state index is 12.9. The van der Waals surface area contributed by atoms with Gasteiger partial charge in [0.25, 0.3) is 5.91 Å². The number of piperidine rings is 1. The van der Waals surface area contributed by atoms with E-state index in [0.717, 1.165) is 24.8 Å². The Morgan fingerprint density at radius 3 is 2.50 bits per heavy atom. The molecule has 160 valence electrons. The van der Waals surface area contributed by atoms with Crippen LogP contribution in [0.4, 0.5) is 5.69 Å². The molecule has 0 atom stereocenters. The fourth-order valence-corrected chi connectivity index (χ4v) is 5.08. The van der Waals surface area contributed by atoms with Crippen LogP contribution in [0.3, 0.4) is 0 Å². The third kappa shape index (κ3) is 5.38. The first-order chi connectivity index (χ1) is 14.3. The molecular weight excluding hydrogens is 426 g/mol. The van der Waals surface area contributed by atoms with E-state index in [0.29, 0.717) is 18.8 Å². The number of rotatable bonds is 6. The van der Waals surface area contributed by atoms with Crippen molar-refractivity contribution in [2.24, 2.45) is 0 Å². The number of sulfonamides is 1. The van der Waals surface area contributed by atoms with Crippen molar-refractivity contribution in [1.29, 1.82) is 0 Å². The third-order valence-electron chi connectivity index (χ3n) is 4.84. The highest BCUT2D eigenvalue weighted by Crippen LogP contribution is 2.25. The number of hydrogen-bond acceptors (Lipinski definition) is 4. The Bertz CT molecular complexity index is 1050. The van der Waals surface area contributed by atoms with Crippen LogP contribution in [-0.4, -0.2) is 37.6 Å². The van der Waals surface area contributed by atoms with Crippen LogP contribution in [0.15, 0.2) is 47.4 Å². The Morgan fingerprint density at radius 1 is 1.07 bits per heavy atom. The predicted octanol–water partition coefficient (Wildman–Crippen LogP) is 3.40. The fraction of sp³-hybridized carbons (Fsp3) is 0.333. The van der Waals surface area contributed by atoms with Crippen LogP contribution in [0.1, 0.15) is 42.1 Å². The molecule has 0 radical (unpaired) electrons. The minimum absolute atomic E-state index is 0.0617. The third-order valence-corrected chi connectivity index (χ3v) is 7.06. The summed E-state index contributed by atoms with van der Waals surface area (Å²) in [5.74, 6) is -0.657. The molecule has 2 aromatic rings. The highest BCUT2D eigenvalue weighted by atomic mass is 35.5. The zero-order valence-electron chi connectivity index (χ0n) is 16.7. The monoisotopic (exact) mass is 449 g/mol. The Balaban J connectivity index is 1.75. The molecule has 0 unspecified atom stereocenters. The standard InChI is InChI=1S/C21H24ClN3O4S/c1-15(26)24-17-7-5-6-16(12-17)14-23-21(27)19-13-18(8-9-20(19)22)30(28,29)25-10-3-2-4-11-25/h5-9,12-13H,2-4,10-11,14H2,1H3,(H,23,27)(H,24,26). The molecule has 1 aliphatic heterocycles. The van der Waals surface area contributed by atoms with E-state index in [2.05, 4.69) is 10.6 Å². The summed E-state index contributed by atoms with van der Waals surface area (Å²) < 4.78 is 27.2. The summed E-state index contributed by atoms with van der Waals surface area (Å²) in [6.07, 6.45) is 2.68. The van der Waals surface area contributed by atoms with E-state index in [1.165, 1.54) is 29.4 Å². The summed E-state index contributed by atoms with van der Waals surface area (Å²) >= 11 is 6.17. The normalized spacial score (nSPS) is 14.9. The minimum Gasteiger partial charge on any atom is -0.348 e. The van der Waals surface area contributed by atoms with Crippen molar-refractivity contribution in [2.75, 3.05) is 18.4 Å². The molecule has 0 spiro atoms. The molecule has 1 heterocycles. The van der Waals surface area contributed by atoms with E-state index >= 15 is 0 Å². The van der Waals surface area contributed by atoms with Gasteiger partial charge in [0.2, 0.25) is 15.9 Å². The van der Waals surface area contributed by atoms with Gasteiger partial charge in [-0.2, -0.15) is 4.31 Å². The quantitative estimate of drug-likeness (QED) is 0.706. The van der Waals surface area contributed by atoms with Gasteiger partial charge >= 0.3 is 0 Å². The number of amides is 2. The largest absolute Gasteiger partial charge is 0.348 e. The van der Waals surface area contributed by atoms with Gasteiger partial charge in [0.1, 0.15) is 0 Å². The van der Waals surface area contributed by atoms with Crippen LogP contribution in [0.25, 0.3) is 0 Å². The van der Waals surface area contributed by atoms with Crippen molar-refractivity contribution in [3.8, 4) is 0 Å². The van der Waals surface area contributed by atoms with Gasteiger partial charge in [0.05, 0.1) is 15.5 Å². The van der Waals surface area contributed by atoms with Crippen molar-refractivity contribution >= 4 is 39.1 Å². The van der Waals surface area contributed by atoms with Crippen LogP contribution in [0.2, 0.25) is 5.02 Å². The molecule has 2 amide bonds. The summed E-state index contributed by atoms with van der Waals surface area (Å²) in [5.41, 5.74) is 1.51. The topological polar surface area (TPSA) is 95.6 Å². The first kappa shape index (κ1) is 22.3. The first-order valence-corrected chi connectivity index (χ1v) is 11.5. The Labute approximate surface area is 181 Å². The molecule has 0 aromatic heterocycles. The number of halogens is 1. The molecule has 9 heteroatoms. The van der Waals surface area contributed by atoms with Crippen molar-refractivity contribution < 1.29 is 18.0 Å². The second-order valence-electron chi connectivity index (χ2n) is 7.17. The zero-order chi connectivity index (χ0) is 21.7. The lowest BCUT2D eigenvalue weighted by Gasteiger charge is -2.26. The first-order valence-electron chi connectivity index (χ1n) is 9.72. The lowest BCUT2D eigenvalue weighted by Crippen LogP contribution is -2.35. The second-order valence-corrected chi connectivity index (χ2v) is 9.52. The summed E-state index contributed by atoms with van der Waals surface area (Å²) in [6.45, 7) is 2.58. The Morgan fingerprint density at radius 2 is 1.80 bits per heavy atom. The fourth-order valence-electron chi connectivity index (χ4n) is 3.33. The van der Waals surface area contributed by atoms with Gasteiger partial charge < -0.3 is 10.6 Å². The summed E-state index contributed by atoms with van der Waals surface area (Å²) in [7, 11) is -3.66. The Hall–Kier alpha value is -2.42. The number of carbonyl (C=O) groups is 2. The van der Waals surface area contributed by atoms with E-state index in [1.807, 2.05) is 6.07 Å². The molecule has 7 nitrogen and oxygen atoms in total. The van der Waals surface area contributed by atoms with Gasteiger partial charge in [-0.1, -0.05) is 30.2 Å². The molecule has 3 rings (SSSR count). The second kappa shape index (κ2) is 9.59. The van der Waals surface area contributed by atoms with Crippen molar-refractivity contribution in [1.82, 2.24) is 9.62 Å². The van der Waals surface area contributed by atoms with E-state index in [-0.39, 0.29) is 27.9 Å². The van der Waals surface area contributed by atoms with Crippen LogP contribution in [-0.2, 0) is 21.4 Å². The van der Waals surface area contributed by atoms with E-state index in [9.17, 15) is 18.0 Å². The van der Waals surface area contributed by atoms with Crippen LogP contribution in [0.5, 0.6) is 0 Å². The highest BCUT2D eigenvalue weighted by Gasteiger charge is 2.27. The lowest BCUT2D eigenvalue weighted by molar-refractivity contribution is -0.114. The number of anilines is 1. The van der Waals surface area contributed by atoms with Gasteiger partial charge in [-0.3, -0.25) is 9.59 Å². The number of nitrogens with zero attached hydrogens (tertiary/aromatic N) is 1.